The van der Waals surface area contributed by atoms with Crippen molar-refractivity contribution >= 4 is 17.9 Å². The lowest BCUT2D eigenvalue weighted by Gasteiger charge is -2.18. The highest BCUT2D eigenvalue weighted by Crippen LogP contribution is 2.31. The molecular weight excluding hydrogens is 426 g/mol. The average molecular weight is 456 g/mol. The SMILES string of the molecule is COc1cc(/C=C2\N=C(c3ccc(C(C)(C)C)cc3)OC2=O)ccc1OCc1cccc(C)c1. The lowest BCUT2D eigenvalue weighted by molar-refractivity contribution is -0.129. The van der Waals surface area contributed by atoms with Crippen LogP contribution in [-0.4, -0.2) is 19.0 Å². The summed E-state index contributed by atoms with van der Waals surface area (Å²) in [5.41, 5.74) is 5.29. The number of aliphatic imine (C=N–C) groups is 1. The molecule has 0 aromatic heterocycles. The number of rotatable bonds is 6. The van der Waals surface area contributed by atoms with E-state index in [1.165, 1.54) is 11.1 Å². The highest BCUT2D eigenvalue weighted by Gasteiger charge is 2.25. The molecular formula is C29H29NO4. The zero-order valence-corrected chi connectivity index (χ0v) is 20.2. The van der Waals surface area contributed by atoms with Gasteiger partial charge in [-0.2, -0.15) is 0 Å². The second-order valence-electron chi connectivity index (χ2n) is 9.35. The Hall–Kier alpha value is -3.86. The van der Waals surface area contributed by atoms with Gasteiger partial charge < -0.3 is 14.2 Å². The van der Waals surface area contributed by atoms with Crippen LogP contribution in [0.15, 0.2) is 77.4 Å². The van der Waals surface area contributed by atoms with Crippen LogP contribution in [0.2, 0.25) is 0 Å². The van der Waals surface area contributed by atoms with Gasteiger partial charge in [0.15, 0.2) is 17.2 Å². The second-order valence-corrected chi connectivity index (χ2v) is 9.35. The third-order valence-electron chi connectivity index (χ3n) is 5.59. The maximum Gasteiger partial charge on any atom is 0.363 e. The summed E-state index contributed by atoms with van der Waals surface area (Å²) in [6.45, 7) is 8.96. The molecule has 5 heteroatoms. The molecule has 34 heavy (non-hydrogen) atoms. The number of ether oxygens (including phenoxy) is 3. The van der Waals surface area contributed by atoms with Crippen LogP contribution in [0.1, 0.15) is 48.6 Å². The van der Waals surface area contributed by atoms with Gasteiger partial charge in [0.1, 0.15) is 6.61 Å². The normalized spacial score (nSPS) is 14.7. The molecule has 3 aromatic rings. The standard InChI is InChI=1S/C29H29NO4/c1-19-7-6-8-21(15-19)18-33-25-14-9-20(17-26(25)32-5)16-24-28(31)34-27(30-24)22-10-12-23(13-11-22)29(2,3)4/h6-17H,18H2,1-5H3/b24-16-. The first kappa shape index (κ1) is 23.3. The number of methoxy groups -OCH3 is 1. The van der Waals surface area contributed by atoms with Crippen LogP contribution >= 0.6 is 0 Å². The maximum absolute atomic E-state index is 12.4. The highest BCUT2D eigenvalue weighted by atomic mass is 16.6. The number of carbonyl (C=O) groups is 1. The predicted octanol–water partition coefficient (Wildman–Crippen LogP) is 6.22. The Balaban J connectivity index is 1.52. The number of aryl methyl sites for hydroxylation is 1. The first-order valence-corrected chi connectivity index (χ1v) is 11.2. The van der Waals surface area contributed by atoms with Crippen molar-refractivity contribution in [3.63, 3.8) is 0 Å². The number of hydrogen-bond donors (Lipinski definition) is 0. The summed E-state index contributed by atoms with van der Waals surface area (Å²) in [5, 5.41) is 0. The van der Waals surface area contributed by atoms with Gasteiger partial charge in [-0.25, -0.2) is 9.79 Å². The van der Waals surface area contributed by atoms with Gasteiger partial charge in [-0.3, -0.25) is 0 Å². The molecule has 1 heterocycles. The highest BCUT2D eigenvalue weighted by molar-refractivity contribution is 6.12. The van der Waals surface area contributed by atoms with Crippen LogP contribution < -0.4 is 9.47 Å². The van der Waals surface area contributed by atoms with Crippen molar-refractivity contribution in [2.75, 3.05) is 7.11 Å². The van der Waals surface area contributed by atoms with Gasteiger partial charge >= 0.3 is 5.97 Å². The number of cyclic esters (lactones) is 1. The van der Waals surface area contributed by atoms with E-state index in [1.807, 2.05) is 54.6 Å². The Morgan fingerprint density at radius 1 is 0.971 bits per heavy atom. The van der Waals surface area contributed by atoms with E-state index in [2.05, 4.69) is 44.8 Å². The molecule has 0 N–H and O–H groups in total. The minimum Gasteiger partial charge on any atom is -0.493 e. The molecule has 1 aliphatic heterocycles. The zero-order valence-electron chi connectivity index (χ0n) is 20.2. The van der Waals surface area contributed by atoms with Crippen LogP contribution in [0.3, 0.4) is 0 Å². The smallest absolute Gasteiger partial charge is 0.363 e. The molecule has 0 radical (unpaired) electrons. The molecule has 0 saturated heterocycles. The van der Waals surface area contributed by atoms with Gasteiger partial charge in [-0.05, 0) is 59.4 Å². The monoisotopic (exact) mass is 455 g/mol. The summed E-state index contributed by atoms with van der Waals surface area (Å²) >= 11 is 0. The summed E-state index contributed by atoms with van der Waals surface area (Å²) in [6, 6.07) is 21.6. The maximum atomic E-state index is 12.4. The van der Waals surface area contributed by atoms with Crippen LogP contribution in [0.4, 0.5) is 0 Å². The van der Waals surface area contributed by atoms with Crippen molar-refractivity contribution in [1.29, 1.82) is 0 Å². The molecule has 0 amide bonds. The zero-order chi connectivity index (χ0) is 24.3. The first-order chi connectivity index (χ1) is 16.2. The number of esters is 1. The fraction of sp³-hybridized carbons (Fsp3) is 0.241. The second kappa shape index (κ2) is 9.56. The van der Waals surface area contributed by atoms with Crippen LogP contribution in [0.25, 0.3) is 6.08 Å². The van der Waals surface area contributed by atoms with E-state index < -0.39 is 5.97 Å². The van der Waals surface area contributed by atoms with Gasteiger partial charge in [0.25, 0.3) is 0 Å². The van der Waals surface area contributed by atoms with E-state index in [0.717, 1.165) is 16.7 Å². The molecule has 3 aromatic carbocycles. The van der Waals surface area contributed by atoms with E-state index in [-0.39, 0.29) is 11.1 Å². The van der Waals surface area contributed by atoms with Crippen molar-refractivity contribution in [2.45, 2.75) is 39.7 Å². The Kier molecular flexibility index (Phi) is 6.55. The van der Waals surface area contributed by atoms with E-state index >= 15 is 0 Å². The van der Waals surface area contributed by atoms with Gasteiger partial charge in [0, 0.05) is 5.56 Å². The Labute approximate surface area is 200 Å². The predicted molar refractivity (Wildman–Crippen MR) is 134 cm³/mol. The summed E-state index contributed by atoms with van der Waals surface area (Å²) in [5.74, 6) is 1.04. The van der Waals surface area contributed by atoms with Gasteiger partial charge in [0.2, 0.25) is 5.90 Å². The molecule has 5 nitrogen and oxygen atoms in total. The van der Waals surface area contributed by atoms with Crippen molar-refractivity contribution in [1.82, 2.24) is 0 Å². The summed E-state index contributed by atoms with van der Waals surface area (Å²) in [7, 11) is 1.59. The molecule has 0 fully saturated rings. The summed E-state index contributed by atoms with van der Waals surface area (Å²) in [6.07, 6.45) is 1.69. The molecule has 4 rings (SSSR count). The third kappa shape index (κ3) is 5.37. The number of carbonyl (C=O) groups excluding carboxylic acids is 1. The summed E-state index contributed by atoms with van der Waals surface area (Å²) in [4.78, 5) is 16.9. The fourth-order valence-electron chi connectivity index (χ4n) is 3.66. The Bertz CT molecular complexity index is 1260. The van der Waals surface area contributed by atoms with Crippen molar-refractivity contribution in [2.24, 2.45) is 4.99 Å². The Morgan fingerprint density at radius 2 is 1.74 bits per heavy atom. The van der Waals surface area contributed by atoms with Crippen molar-refractivity contribution in [3.8, 4) is 11.5 Å². The molecule has 0 bridgehead atoms. The van der Waals surface area contributed by atoms with Gasteiger partial charge in [-0.15, -0.1) is 0 Å². The van der Waals surface area contributed by atoms with Crippen LogP contribution in [0.5, 0.6) is 11.5 Å². The molecule has 174 valence electrons. The van der Waals surface area contributed by atoms with Crippen LogP contribution in [0, 0.1) is 6.92 Å². The molecule has 0 aliphatic carbocycles. The molecule has 0 spiro atoms. The first-order valence-electron chi connectivity index (χ1n) is 11.2. The van der Waals surface area contributed by atoms with Crippen molar-refractivity contribution in [3.05, 3.63) is 100 Å². The Morgan fingerprint density at radius 3 is 2.41 bits per heavy atom. The molecule has 0 unspecified atom stereocenters. The lowest BCUT2D eigenvalue weighted by Crippen LogP contribution is -2.11. The topological polar surface area (TPSA) is 57.1 Å². The summed E-state index contributed by atoms with van der Waals surface area (Å²) < 4.78 is 16.9. The molecule has 0 saturated carbocycles. The van der Waals surface area contributed by atoms with E-state index in [4.69, 9.17) is 14.2 Å². The number of nitrogens with zero attached hydrogens (tertiary/aromatic N) is 1. The third-order valence-corrected chi connectivity index (χ3v) is 5.59. The number of hydrogen-bond acceptors (Lipinski definition) is 5. The van der Waals surface area contributed by atoms with E-state index in [9.17, 15) is 4.79 Å². The number of benzene rings is 3. The van der Waals surface area contributed by atoms with E-state index in [1.54, 1.807) is 13.2 Å². The fourth-order valence-corrected chi connectivity index (χ4v) is 3.66. The minimum absolute atomic E-state index is 0.0483. The lowest BCUT2D eigenvalue weighted by atomic mass is 9.87. The van der Waals surface area contributed by atoms with Crippen LogP contribution in [-0.2, 0) is 21.6 Å². The minimum atomic E-state index is -0.478. The van der Waals surface area contributed by atoms with Crippen molar-refractivity contribution < 1.29 is 19.0 Å². The molecule has 0 atom stereocenters. The van der Waals surface area contributed by atoms with Gasteiger partial charge in [0.05, 0.1) is 7.11 Å². The van der Waals surface area contributed by atoms with Gasteiger partial charge in [-0.1, -0.05) is 68.8 Å². The van der Waals surface area contributed by atoms with E-state index in [0.29, 0.717) is 24.0 Å². The average Bonchev–Trinajstić information content (AvgIpc) is 3.17. The quantitative estimate of drug-likeness (QED) is 0.327. The largest absolute Gasteiger partial charge is 0.493 e. The molecule has 1 aliphatic rings.